The summed E-state index contributed by atoms with van der Waals surface area (Å²) in [5.41, 5.74) is 2.49. The average Bonchev–Trinajstić information content (AvgIpc) is 1.87. The zero-order valence-electron chi connectivity index (χ0n) is 5.66. The van der Waals surface area contributed by atoms with E-state index in [0.29, 0.717) is 0 Å². The van der Waals surface area contributed by atoms with Crippen LogP contribution in [-0.4, -0.2) is 12.3 Å². The molecule has 0 spiro atoms. The lowest BCUT2D eigenvalue weighted by atomic mass is 10.5. The standard InChI is InChI=1S/C7H8O3/c1-7(9)10-6-4-2-3-5-8/h2,5-6H,3H2,1H3. The van der Waals surface area contributed by atoms with Crippen LogP contribution in [0.15, 0.2) is 18.1 Å². The van der Waals surface area contributed by atoms with E-state index in [4.69, 9.17) is 0 Å². The van der Waals surface area contributed by atoms with Gasteiger partial charge in [0.2, 0.25) is 0 Å². The summed E-state index contributed by atoms with van der Waals surface area (Å²) in [7, 11) is 0. The van der Waals surface area contributed by atoms with Crippen LogP contribution >= 0.6 is 0 Å². The highest BCUT2D eigenvalue weighted by Gasteiger charge is 1.81. The van der Waals surface area contributed by atoms with E-state index in [-0.39, 0.29) is 6.42 Å². The first-order valence-electron chi connectivity index (χ1n) is 2.77. The minimum atomic E-state index is -0.396. The van der Waals surface area contributed by atoms with Crippen LogP contribution in [0.2, 0.25) is 0 Å². The third-order valence-corrected chi connectivity index (χ3v) is 0.625. The maximum absolute atomic E-state index is 10.1. The van der Waals surface area contributed by atoms with Gasteiger partial charge in [0.25, 0.3) is 0 Å². The molecule has 0 aromatic heterocycles. The molecule has 0 aromatic rings. The minimum absolute atomic E-state index is 0.289. The van der Waals surface area contributed by atoms with E-state index in [1.807, 2.05) is 0 Å². The summed E-state index contributed by atoms with van der Waals surface area (Å²) in [6, 6.07) is 0. The summed E-state index contributed by atoms with van der Waals surface area (Å²) < 4.78 is 4.37. The molecule has 0 bridgehead atoms. The summed E-state index contributed by atoms with van der Waals surface area (Å²) in [6.45, 7) is 1.29. The van der Waals surface area contributed by atoms with Crippen LogP contribution in [0.4, 0.5) is 0 Å². The van der Waals surface area contributed by atoms with Gasteiger partial charge in [-0.15, -0.1) is 0 Å². The number of aldehydes is 1. The Kier molecular flexibility index (Phi) is 5.01. The van der Waals surface area contributed by atoms with E-state index in [1.54, 1.807) is 0 Å². The third kappa shape index (κ3) is 6.66. The second kappa shape index (κ2) is 5.79. The summed E-state index contributed by atoms with van der Waals surface area (Å²) in [4.78, 5) is 19.8. The van der Waals surface area contributed by atoms with Gasteiger partial charge in [-0.2, -0.15) is 0 Å². The number of carbonyl (C=O) groups is 2. The van der Waals surface area contributed by atoms with E-state index in [9.17, 15) is 9.59 Å². The molecule has 0 unspecified atom stereocenters. The molecule has 0 fully saturated rings. The summed E-state index contributed by atoms with van der Waals surface area (Å²) in [5.74, 6) is -0.396. The second-order valence-corrected chi connectivity index (χ2v) is 1.50. The molecule has 0 aromatic carbocycles. The molecule has 0 saturated heterocycles. The Morgan fingerprint density at radius 2 is 2.40 bits per heavy atom. The zero-order chi connectivity index (χ0) is 7.82. The van der Waals surface area contributed by atoms with Crippen molar-refractivity contribution in [3.8, 4) is 0 Å². The smallest absolute Gasteiger partial charge is 0.308 e. The lowest BCUT2D eigenvalue weighted by Gasteiger charge is -1.83. The Morgan fingerprint density at radius 3 is 2.90 bits per heavy atom. The van der Waals surface area contributed by atoms with Crippen molar-refractivity contribution in [1.82, 2.24) is 0 Å². The third-order valence-electron chi connectivity index (χ3n) is 0.625. The zero-order valence-corrected chi connectivity index (χ0v) is 5.66. The predicted octanol–water partition coefficient (Wildman–Crippen LogP) is 0.807. The van der Waals surface area contributed by atoms with Crippen LogP contribution in [-0.2, 0) is 14.3 Å². The highest BCUT2D eigenvalue weighted by Crippen LogP contribution is 1.77. The molecule has 0 aliphatic carbocycles. The van der Waals surface area contributed by atoms with Crippen LogP contribution in [0.3, 0.4) is 0 Å². The van der Waals surface area contributed by atoms with E-state index in [2.05, 4.69) is 10.5 Å². The molecule has 0 aliphatic heterocycles. The van der Waals surface area contributed by atoms with Gasteiger partial charge in [-0.3, -0.25) is 4.79 Å². The van der Waals surface area contributed by atoms with Crippen molar-refractivity contribution >= 4 is 12.3 Å². The Morgan fingerprint density at radius 1 is 1.70 bits per heavy atom. The van der Waals surface area contributed by atoms with Gasteiger partial charge in [0.15, 0.2) is 0 Å². The Balaban J connectivity index is 3.53. The Hall–Kier alpha value is -1.34. The van der Waals surface area contributed by atoms with Gasteiger partial charge in [-0.1, -0.05) is 5.73 Å². The number of esters is 1. The van der Waals surface area contributed by atoms with Crippen molar-refractivity contribution in [2.75, 3.05) is 0 Å². The first kappa shape index (κ1) is 8.66. The number of rotatable bonds is 3. The average molecular weight is 140 g/mol. The highest BCUT2D eigenvalue weighted by molar-refractivity contribution is 5.66. The normalized spacial score (nSPS) is 7.30. The monoisotopic (exact) mass is 140 g/mol. The van der Waals surface area contributed by atoms with Gasteiger partial charge in [0.1, 0.15) is 12.5 Å². The second-order valence-electron chi connectivity index (χ2n) is 1.50. The molecule has 54 valence electrons. The summed E-state index contributed by atoms with van der Waals surface area (Å²) in [6.07, 6.45) is 3.61. The number of ether oxygens (including phenoxy) is 1. The summed E-state index contributed by atoms with van der Waals surface area (Å²) >= 11 is 0. The molecule has 0 aliphatic rings. The molecule has 0 heterocycles. The van der Waals surface area contributed by atoms with E-state index in [1.165, 1.54) is 13.0 Å². The quantitative estimate of drug-likeness (QED) is 0.252. The SMILES string of the molecule is CC(=O)OC=C=CCC=O. The van der Waals surface area contributed by atoms with E-state index >= 15 is 0 Å². The molecule has 3 heteroatoms. The van der Waals surface area contributed by atoms with Crippen molar-refractivity contribution in [3.05, 3.63) is 18.1 Å². The Labute approximate surface area is 59.0 Å². The van der Waals surface area contributed by atoms with Gasteiger partial charge in [-0.25, -0.2) is 0 Å². The molecule has 0 rings (SSSR count). The van der Waals surface area contributed by atoms with Crippen molar-refractivity contribution < 1.29 is 14.3 Å². The van der Waals surface area contributed by atoms with Crippen LogP contribution in [0.25, 0.3) is 0 Å². The van der Waals surface area contributed by atoms with Crippen molar-refractivity contribution in [1.29, 1.82) is 0 Å². The number of hydrogen-bond acceptors (Lipinski definition) is 3. The topological polar surface area (TPSA) is 43.4 Å². The molecule has 0 N–H and O–H groups in total. The number of hydrogen-bond donors (Lipinski definition) is 0. The van der Waals surface area contributed by atoms with Crippen molar-refractivity contribution in [2.45, 2.75) is 13.3 Å². The fourth-order valence-corrected chi connectivity index (χ4v) is 0.281. The van der Waals surface area contributed by atoms with E-state index < -0.39 is 5.97 Å². The van der Waals surface area contributed by atoms with Gasteiger partial charge in [0.05, 0.1) is 0 Å². The number of allylic oxidation sites excluding steroid dienone is 1. The van der Waals surface area contributed by atoms with Crippen molar-refractivity contribution in [3.63, 3.8) is 0 Å². The molecule has 3 nitrogen and oxygen atoms in total. The molecular formula is C7H8O3. The molecule has 0 radical (unpaired) electrons. The largest absolute Gasteiger partial charge is 0.426 e. The molecule has 0 saturated carbocycles. The fraction of sp³-hybridized carbons (Fsp3) is 0.286. The minimum Gasteiger partial charge on any atom is -0.426 e. The van der Waals surface area contributed by atoms with Gasteiger partial charge < -0.3 is 9.53 Å². The van der Waals surface area contributed by atoms with Crippen molar-refractivity contribution in [2.24, 2.45) is 0 Å². The number of carbonyl (C=O) groups excluding carboxylic acids is 2. The van der Waals surface area contributed by atoms with Crippen LogP contribution in [0.1, 0.15) is 13.3 Å². The first-order chi connectivity index (χ1) is 4.77. The van der Waals surface area contributed by atoms with E-state index in [0.717, 1.165) is 12.5 Å². The lowest BCUT2D eigenvalue weighted by Crippen LogP contribution is -1.88. The first-order valence-corrected chi connectivity index (χ1v) is 2.77. The highest BCUT2D eigenvalue weighted by atomic mass is 16.5. The van der Waals surface area contributed by atoms with Gasteiger partial charge >= 0.3 is 5.97 Å². The molecule has 10 heavy (non-hydrogen) atoms. The lowest BCUT2D eigenvalue weighted by molar-refractivity contribution is -0.135. The van der Waals surface area contributed by atoms with Crippen LogP contribution in [0.5, 0.6) is 0 Å². The fourth-order valence-electron chi connectivity index (χ4n) is 0.281. The Bertz CT molecular complexity index is 175. The van der Waals surface area contributed by atoms with Gasteiger partial charge in [-0.05, 0) is 6.08 Å². The molecular weight excluding hydrogens is 132 g/mol. The maximum Gasteiger partial charge on any atom is 0.308 e. The molecule has 0 amide bonds. The summed E-state index contributed by atoms with van der Waals surface area (Å²) in [5, 5.41) is 0. The van der Waals surface area contributed by atoms with Gasteiger partial charge in [0, 0.05) is 13.3 Å². The maximum atomic E-state index is 10.1. The molecule has 0 atom stereocenters. The van der Waals surface area contributed by atoms with Crippen LogP contribution in [0, 0.1) is 0 Å². The predicted molar refractivity (Wildman–Crippen MR) is 35.1 cm³/mol. The van der Waals surface area contributed by atoms with Crippen LogP contribution < -0.4 is 0 Å².